The molecule has 0 aromatic heterocycles. The molecule has 0 saturated heterocycles. The molecule has 0 aliphatic rings. The third kappa shape index (κ3) is 2.76. The van der Waals surface area contributed by atoms with Crippen LogP contribution in [0.4, 0.5) is 22.7 Å². The van der Waals surface area contributed by atoms with Crippen molar-refractivity contribution in [2.45, 2.75) is 0 Å². The lowest BCUT2D eigenvalue weighted by molar-refractivity contribution is -0.384. The highest BCUT2D eigenvalue weighted by atomic mass is 16.6. The Morgan fingerprint density at radius 3 is 2.32 bits per heavy atom. The van der Waals surface area contributed by atoms with Crippen molar-refractivity contribution < 1.29 is 4.92 Å². The fourth-order valence-electron chi connectivity index (χ4n) is 2.10. The smallest absolute Gasteiger partial charge is 0.269 e. The Kier molecular flexibility index (Phi) is 3.49. The van der Waals surface area contributed by atoms with Gasteiger partial charge in [0.25, 0.3) is 5.69 Å². The summed E-state index contributed by atoms with van der Waals surface area (Å²) in [7, 11) is 0. The predicted octanol–water partition coefficient (Wildman–Crippen LogP) is 4.75. The number of benzene rings is 3. The van der Waals surface area contributed by atoms with Crippen LogP contribution in [0.1, 0.15) is 0 Å². The summed E-state index contributed by atoms with van der Waals surface area (Å²) in [5, 5.41) is 20.8. The van der Waals surface area contributed by atoms with Gasteiger partial charge in [-0.05, 0) is 35.7 Å². The Balaban J connectivity index is 1.88. The number of hydrogen-bond acceptors (Lipinski definition) is 5. The average Bonchev–Trinajstić information content (AvgIpc) is 2.54. The first-order valence-electron chi connectivity index (χ1n) is 6.58. The van der Waals surface area contributed by atoms with Crippen molar-refractivity contribution in [3.63, 3.8) is 0 Å². The van der Waals surface area contributed by atoms with Crippen LogP contribution in [0, 0.1) is 10.1 Å². The monoisotopic (exact) mass is 292 g/mol. The highest BCUT2D eigenvalue weighted by Gasteiger charge is 2.03. The zero-order valence-electron chi connectivity index (χ0n) is 11.5. The maximum atomic E-state index is 10.6. The summed E-state index contributed by atoms with van der Waals surface area (Å²) in [5.74, 6) is 0. The number of non-ortho nitro benzene ring substituents is 1. The molecule has 0 saturated carbocycles. The highest BCUT2D eigenvalue weighted by molar-refractivity contribution is 5.94. The highest BCUT2D eigenvalue weighted by Crippen LogP contribution is 2.27. The van der Waals surface area contributed by atoms with E-state index in [4.69, 9.17) is 5.73 Å². The Morgan fingerprint density at radius 1 is 0.909 bits per heavy atom. The quantitative estimate of drug-likeness (QED) is 0.327. The number of nitro benzene ring substituents is 1. The first-order chi connectivity index (χ1) is 10.6. The van der Waals surface area contributed by atoms with Crippen molar-refractivity contribution in [3.05, 3.63) is 70.8 Å². The van der Waals surface area contributed by atoms with Crippen LogP contribution in [-0.2, 0) is 0 Å². The molecule has 0 aliphatic carbocycles. The molecule has 2 N–H and O–H groups in total. The molecule has 0 bridgehead atoms. The molecule has 0 spiro atoms. The van der Waals surface area contributed by atoms with Crippen molar-refractivity contribution in [2.75, 3.05) is 5.73 Å². The van der Waals surface area contributed by atoms with E-state index in [2.05, 4.69) is 10.2 Å². The molecular weight excluding hydrogens is 280 g/mol. The number of hydrogen-bond donors (Lipinski definition) is 1. The lowest BCUT2D eigenvalue weighted by Crippen LogP contribution is -1.85. The Morgan fingerprint density at radius 2 is 1.59 bits per heavy atom. The van der Waals surface area contributed by atoms with E-state index in [1.54, 1.807) is 12.1 Å². The van der Waals surface area contributed by atoms with Gasteiger partial charge in [-0.1, -0.05) is 18.2 Å². The summed E-state index contributed by atoms with van der Waals surface area (Å²) in [6.45, 7) is 0. The minimum Gasteiger partial charge on any atom is -0.398 e. The van der Waals surface area contributed by atoms with Crippen LogP contribution >= 0.6 is 0 Å². The van der Waals surface area contributed by atoms with Gasteiger partial charge in [0.1, 0.15) is 0 Å². The normalized spacial score (nSPS) is 11.1. The van der Waals surface area contributed by atoms with Gasteiger partial charge in [0.15, 0.2) is 0 Å². The van der Waals surface area contributed by atoms with Crippen molar-refractivity contribution >= 4 is 33.5 Å². The lowest BCUT2D eigenvalue weighted by Gasteiger charge is -2.02. The molecule has 3 aromatic rings. The maximum Gasteiger partial charge on any atom is 0.269 e. The van der Waals surface area contributed by atoms with Gasteiger partial charge in [0.2, 0.25) is 0 Å². The van der Waals surface area contributed by atoms with E-state index in [-0.39, 0.29) is 5.69 Å². The van der Waals surface area contributed by atoms with Crippen LogP contribution in [0.2, 0.25) is 0 Å². The molecule has 22 heavy (non-hydrogen) atoms. The fourth-order valence-corrected chi connectivity index (χ4v) is 2.10. The van der Waals surface area contributed by atoms with Gasteiger partial charge in [0, 0.05) is 23.2 Å². The van der Waals surface area contributed by atoms with E-state index in [1.807, 2.05) is 36.4 Å². The topological polar surface area (TPSA) is 93.9 Å². The van der Waals surface area contributed by atoms with Crippen LogP contribution in [0.25, 0.3) is 10.8 Å². The first-order valence-corrected chi connectivity index (χ1v) is 6.58. The van der Waals surface area contributed by atoms with Gasteiger partial charge >= 0.3 is 0 Å². The van der Waals surface area contributed by atoms with E-state index < -0.39 is 4.92 Å². The van der Waals surface area contributed by atoms with E-state index in [0.717, 1.165) is 10.8 Å². The molecule has 0 heterocycles. The second-order valence-corrected chi connectivity index (χ2v) is 4.73. The van der Waals surface area contributed by atoms with Gasteiger partial charge in [0.05, 0.1) is 16.3 Å². The summed E-state index contributed by atoms with van der Waals surface area (Å²) >= 11 is 0. The molecule has 3 rings (SSSR count). The summed E-state index contributed by atoms with van der Waals surface area (Å²) < 4.78 is 0. The molecule has 0 unspecified atom stereocenters. The molecule has 6 nitrogen and oxygen atoms in total. The van der Waals surface area contributed by atoms with E-state index in [1.165, 1.54) is 12.1 Å². The number of nitrogen functional groups attached to an aromatic ring is 1. The summed E-state index contributed by atoms with van der Waals surface area (Å²) in [6.07, 6.45) is 0. The van der Waals surface area contributed by atoms with E-state index >= 15 is 0 Å². The molecule has 3 aromatic carbocycles. The van der Waals surface area contributed by atoms with Gasteiger partial charge < -0.3 is 5.73 Å². The fraction of sp³-hybridized carbons (Fsp3) is 0. The van der Waals surface area contributed by atoms with Crippen LogP contribution in [-0.4, -0.2) is 4.92 Å². The summed E-state index contributed by atoms with van der Waals surface area (Å²) in [4.78, 5) is 10.1. The van der Waals surface area contributed by atoms with Crippen molar-refractivity contribution in [3.8, 4) is 0 Å². The van der Waals surface area contributed by atoms with Crippen molar-refractivity contribution in [1.29, 1.82) is 0 Å². The van der Waals surface area contributed by atoms with Gasteiger partial charge in [-0.2, -0.15) is 10.2 Å². The Labute approximate surface area is 126 Å². The Bertz CT molecular complexity index is 873. The minimum absolute atomic E-state index is 0.0254. The van der Waals surface area contributed by atoms with E-state index in [9.17, 15) is 10.1 Å². The second kappa shape index (κ2) is 5.61. The van der Waals surface area contributed by atoms with Gasteiger partial charge in [-0.15, -0.1) is 0 Å². The van der Waals surface area contributed by atoms with Crippen molar-refractivity contribution in [2.24, 2.45) is 10.2 Å². The molecule has 0 aliphatic heterocycles. The third-order valence-corrected chi connectivity index (χ3v) is 3.24. The molecule has 108 valence electrons. The van der Waals surface area contributed by atoms with Crippen LogP contribution in [0.15, 0.2) is 70.9 Å². The summed E-state index contributed by atoms with van der Waals surface area (Å²) in [5.41, 5.74) is 7.87. The molecular formula is C16H12N4O2. The zero-order chi connectivity index (χ0) is 15.5. The standard InChI is InChI=1S/C16H12N4O2/c17-16-3-1-2-11-4-5-13(10-15(11)16)19-18-12-6-8-14(9-7-12)20(21)22/h1-10H,17H2. The number of fused-ring (bicyclic) bond motifs is 1. The molecule has 0 radical (unpaired) electrons. The zero-order valence-corrected chi connectivity index (χ0v) is 11.5. The van der Waals surface area contributed by atoms with Crippen LogP contribution in [0.3, 0.4) is 0 Å². The van der Waals surface area contributed by atoms with Crippen molar-refractivity contribution in [1.82, 2.24) is 0 Å². The first kappa shape index (κ1) is 13.7. The molecule has 6 heteroatoms. The average molecular weight is 292 g/mol. The molecule has 0 fully saturated rings. The number of anilines is 1. The van der Waals surface area contributed by atoms with Crippen LogP contribution in [0.5, 0.6) is 0 Å². The van der Waals surface area contributed by atoms with Crippen LogP contribution < -0.4 is 5.73 Å². The third-order valence-electron chi connectivity index (χ3n) is 3.24. The SMILES string of the molecule is Nc1cccc2ccc(N=Nc3ccc([N+](=O)[O-])cc3)cc12. The molecule has 0 atom stereocenters. The number of azo groups is 1. The van der Waals surface area contributed by atoms with Gasteiger partial charge in [-0.3, -0.25) is 10.1 Å². The number of nitro groups is 1. The number of nitrogens with zero attached hydrogens (tertiary/aromatic N) is 3. The minimum atomic E-state index is -0.451. The van der Waals surface area contributed by atoms with Gasteiger partial charge in [-0.25, -0.2) is 0 Å². The number of nitrogens with two attached hydrogens (primary N) is 1. The van der Waals surface area contributed by atoms with E-state index in [0.29, 0.717) is 17.1 Å². The second-order valence-electron chi connectivity index (χ2n) is 4.73. The summed E-state index contributed by atoms with van der Waals surface area (Å²) in [6, 6.07) is 17.2. The lowest BCUT2D eigenvalue weighted by atomic mass is 10.1. The predicted molar refractivity (Wildman–Crippen MR) is 85.6 cm³/mol. The molecule has 0 amide bonds. The number of rotatable bonds is 3. The maximum absolute atomic E-state index is 10.6. The Hall–Kier alpha value is -3.28. The largest absolute Gasteiger partial charge is 0.398 e.